The van der Waals surface area contributed by atoms with Crippen LogP contribution < -0.4 is 0 Å². The van der Waals surface area contributed by atoms with E-state index < -0.39 is 11.7 Å². The number of methoxy groups -OCH3 is 1. The lowest BCUT2D eigenvalue weighted by Crippen LogP contribution is -2.09. The fourth-order valence-corrected chi connectivity index (χ4v) is 1.88. The maximum Gasteiger partial charge on any atom is 0.416 e. The van der Waals surface area contributed by atoms with E-state index in [0.29, 0.717) is 0 Å². The minimum absolute atomic E-state index is 0.122. The lowest BCUT2D eigenvalue weighted by atomic mass is 10.1. The molecule has 0 amide bonds. The normalized spacial score (nSPS) is 11.4. The van der Waals surface area contributed by atoms with Crippen LogP contribution in [0.4, 0.5) is 13.2 Å². The number of ether oxygens (including phenoxy) is 1. The summed E-state index contributed by atoms with van der Waals surface area (Å²) in [6.45, 7) is 1.60. The molecule has 156 valence electrons. The zero-order valence-corrected chi connectivity index (χ0v) is 16.1. The number of hydrogen-bond donors (Lipinski definition) is 0. The summed E-state index contributed by atoms with van der Waals surface area (Å²) in [6, 6.07) is 14.1. The van der Waals surface area contributed by atoms with E-state index in [1.165, 1.54) is 39.5 Å². The highest BCUT2D eigenvalue weighted by atomic mass is 19.4. The molecular weight excluding hydrogens is 389 g/mol. The molecule has 6 nitrogen and oxygen atoms in total. The quantitative estimate of drug-likeness (QED) is 0.401. The number of benzene rings is 2. The molecule has 0 aromatic heterocycles. The van der Waals surface area contributed by atoms with Gasteiger partial charge in [-0.15, -0.1) is 0 Å². The van der Waals surface area contributed by atoms with Gasteiger partial charge in [-0.2, -0.15) is 13.2 Å². The summed E-state index contributed by atoms with van der Waals surface area (Å²) >= 11 is 0. The van der Waals surface area contributed by atoms with Crippen molar-refractivity contribution in [3.63, 3.8) is 0 Å². The van der Waals surface area contributed by atoms with Crippen LogP contribution in [0.5, 0.6) is 0 Å². The zero-order valence-electron chi connectivity index (χ0n) is 16.1. The van der Waals surface area contributed by atoms with Crippen molar-refractivity contribution in [2.24, 2.45) is 10.3 Å². The fraction of sp³-hybridized carbons (Fsp3) is 0.250. The monoisotopic (exact) mass is 410 g/mol. The maximum atomic E-state index is 12.8. The number of halogens is 3. The summed E-state index contributed by atoms with van der Waals surface area (Å²) in [7, 11) is 2.65. The molecule has 2 aromatic rings. The van der Waals surface area contributed by atoms with Crippen molar-refractivity contribution in [1.82, 2.24) is 0 Å². The molecule has 0 atom stereocenters. The predicted molar refractivity (Wildman–Crippen MR) is 102 cm³/mol. The van der Waals surface area contributed by atoms with Crippen LogP contribution in [0, 0.1) is 0 Å². The third-order valence-electron chi connectivity index (χ3n) is 3.29. The molecule has 0 saturated carbocycles. The summed E-state index contributed by atoms with van der Waals surface area (Å²) in [5.74, 6) is -0.245. The minimum Gasteiger partial charge on any atom is -0.469 e. The Kier molecular flexibility index (Phi) is 9.94. The van der Waals surface area contributed by atoms with E-state index in [2.05, 4.69) is 19.9 Å². The molecule has 0 radical (unpaired) electrons. The number of esters is 1. The Morgan fingerprint density at radius 3 is 2.28 bits per heavy atom. The number of oxime groups is 2. The van der Waals surface area contributed by atoms with Crippen molar-refractivity contribution in [1.29, 1.82) is 0 Å². The van der Waals surface area contributed by atoms with E-state index in [1.54, 1.807) is 0 Å². The smallest absolute Gasteiger partial charge is 0.416 e. The summed E-state index contributed by atoms with van der Waals surface area (Å²) < 4.78 is 42.5. The van der Waals surface area contributed by atoms with E-state index in [1.807, 2.05) is 30.3 Å². The first-order valence-electron chi connectivity index (χ1n) is 8.30. The SMILES string of the molecule is COC(C)=O.CON=C(C=NOCc1ccccc1)c1cccc(C(F)(F)F)c1. The number of nitrogens with zero attached hydrogens (tertiary/aromatic N) is 2. The first-order chi connectivity index (χ1) is 13.8. The van der Waals surface area contributed by atoms with Crippen LogP contribution in [-0.4, -0.2) is 32.1 Å². The Labute approximate surface area is 166 Å². The average Bonchev–Trinajstić information content (AvgIpc) is 2.71. The van der Waals surface area contributed by atoms with Crippen LogP contribution in [0.25, 0.3) is 0 Å². The lowest BCUT2D eigenvalue weighted by molar-refractivity contribution is -0.138. The highest BCUT2D eigenvalue weighted by Gasteiger charge is 2.30. The molecule has 2 rings (SSSR count). The van der Waals surface area contributed by atoms with Crippen molar-refractivity contribution >= 4 is 17.9 Å². The zero-order chi connectivity index (χ0) is 21.7. The maximum absolute atomic E-state index is 12.8. The second-order valence-electron chi connectivity index (χ2n) is 5.43. The third kappa shape index (κ3) is 9.41. The van der Waals surface area contributed by atoms with Gasteiger partial charge in [0.1, 0.15) is 19.4 Å². The van der Waals surface area contributed by atoms with Crippen LogP contribution in [0.2, 0.25) is 0 Å². The topological polar surface area (TPSA) is 69.5 Å². The largest absolute Gasteiger partial charge is 0.469 e. The van der Waals surface area contributed by atoms with Gasteiger partial charge < -0.3 is 14.4 Å². The van der Waals surface area contributed by atoms with Gasteiger partial charge in [-0.25, -0.2) is 0 Å². The Bertz CT molecular complexity index is 822. The molecule has 9 heteroatoms. The first-order valence-corrected chi connectivity index (χ1v) is 8.30. The number of hydrogen-bond acceptors (Lipinski definition) is 6. The van der Waals surface area contributed by atoms with Gasteiger partial charge in [0.2, 0.25) is 0 Å². The Balaban J connectivity index is 0.000000749. The van der Waals surface area contributed by atoms with Crippen LogP contribution in [-0.2, 0) is 32.0 Å². The number of rotatable bonds is 6. The van der Waals surface area contributed by atoms with Crippen LogP contribution in [0.3, 0.4) is 0 Å². The number of carbonyl (C=O) groups is 1. The van der Waals surface area contributed by atoms with E-state index in [4.69, 9.17) is 4.84 Å². The highest BCUT2D eigenvalue weighted by molar-refractivity contribution is 6.37. The van der Waals surface area contributed by atoms with Crippen molar-refractivity contribution in [2.45, 2.75) is 19.7 Å². The van der Waals surface area contributed by atoms with Gasteiger partial charge in [0.05, 0.1) is 18.9 Å². The summed E-state index contributed by atoms with van der Waals surface area (Å²) in [5.41, 5.74) is 0.483. The molecule has 0 saturated heterocycles. The van der Waals surface area contributed by atoms with Crippen molar-refractivity contribution in [3.8, 4) is 0 Å². The molecule has 2 aromatic carbocycles. The molecule has 0 aliphatic carbocycles. The average molecular weight is 410 g/mol. The fourth-order valence-electron chi connectivity index (χ4n) is 1.88. The first kappa shape index (κ1) is 23.7. The second-order valence-corrected chi connectivity index (χ2v) is 5.43. The lowest BCUT2D eigenvalue weighted by Gasteiger charge is -2.08. The van der Waals surface area contributed by atoms with Crippen LogP contribution >= 0.6 is 0 Å². The summed E-state index contributed by atoms with van der Waals surface area (Å²) in [5, 5.41) is 7.42. The molecule has 0 fully saturated rings. The van der Waals surface area contributed by atoms with Crippen molar-refractivity contribution in [2.75, 3.05) is 14.2 Å². The van der Waals surface area contributed by atoms with Gasteiger partial charge in [0, 0.05) is 12.5 Å². The molecule has 0 bridgehead atoms. The Morgan fingerprint density at radius 2 is 1.72 bits per heavy atom. The van der Waals surface area contributed by atoms with Gasteiger partial charge in [0.15, 0.2) is 0 Å². The Hall–Kier alpha value is -3.36. The number of alkyl halides is 3. The van der Waals surface area contributed by atoms with Crippen LogP contribution in [0.1, 0.15) is 23.6 Å². The third-order valence-corrected chi connectivity index (χ3v) is 3.29. The van der Waals surface area contributed by atoms with Crippen molar-refractivity contribution < 1.29 is 32.4 Å². The molecule has 0 N–H and O–H groups in total. The molecule has 0 unspecified atom stereocenters. The van der Waals surface area contributed by atoms with Gasteiger partial charge in [-0.3, -0.25) is 4.79 Å². The Morgan fingerprint density at radius 1 is 1.07 bits per heavy atom. The molecule has 0 aliphatic heterocycles. The van der Waals surface area contributed by atoms with E-state index in [9.17, 15) is 18.0 Å². The highest BCUT2D eigenvalue weighted by Crippen LogP contribution is 2.29. The predicted octanol–water partition coefficient (Wildman–Crippen LogP) is 4.44. The molecular formula is C20H21F3N2O4. The second kappa shape index (κ2) is 12.2. The molecule has 0 aliphatic rings. The van der Waals surface area contributed by atoms with Gasteiger partial charge in [0.25, 0.3) is 0 Å². The van der Waals surface area contributed by atoms with E-state index in [0.717, 1.165) is 17.7 Å². The molecule has 0 spiro atoms. The summed E-state index contributed by atoms with van der Waals surface area (Å²) in [6.07, 6.45) is -3.23. The van der Waals surface area contributed by atoms with Gasteiger partial charge in [-0.05, 0) is 17.7 Å². The van der Waals surface area contributed by atoms with Crippen LogP contribution in [0.15, 0.2) is 64.9 Å². The standard InChI is InChI=1S/C17H15F3N2O2.C3H6O2/c1-23-22-16(11-21-24-12-13-6-3-2-4-7-13)14-8-5-9-15(10-14)17(18,19)20;1-3(4)5-2/h2-11H,12H2,1H3;1-2H3. The van der Waals surface area contributed by atoms with Gasteiger partial charge >= 0.3 is 12.1 Å². The number of carbonyl (C=O) groups excluding carboxylic acids is 1. The van der Waals surface area contributed by atoms with E-state index >= 15 is 0 Å². The molecule has 29 heavy (non-hydrogen) atoms. The van der Waals surface area contributed by atoms with Gasteiger partial charge in [-0.1, -0.05) is 52.8 Å². The summed E-state index contributed by atoms with van der Waals surface area (Å²) in [4.78, 5) is 19.4. The molecule has 0 heterocycles. The van der Waals surface area contributed by atoms with E-state index in [-0.39, 0.29) is 23.9 Å². The minimum atomic E-state index is -4.44. The van der Waals surface area contributed by atoms with Crippen molar-refractivity contribution in [3.05, 3.63) is 71.3 Å².